The van der Waals surface area contributed by atoms with E-state index in [1.807, 2.05) is 6.92 Å². The first kappa shape index (κ1) is 12.2. The first-order chi connectivity index (χ1) is 7.20. The van der Waals surface area contributed by atoms with E-state index in [0.29, 0.717) is 13.0 Å². The highest BCUT2D eigenvalue weighted by molar-refractivity contribution is 6.00. The minimum absolute atomic E-state index is 0.105. The van der Waals surface area contributed by atoms with Crippen LogP contribution in [0.25, 0.3) is 0 Å². The molecule has 0 heterocycles. The van der Waals surface area contributed by atoms with E-state index in [0.717, 1.165) is 25.7 Å². The molecule has 0 aliphatic heterocycles. The van der Waals surface area contributed by atoms with E-state index in [2.05, 4.69) is 0 Å². The van der Waals surface area contributed by atoms with Gasteiger partial charge in [0, 0.05) is 5.92 Å². The fraction of sp³-hybridized carbons (Fsp3) is 0.833. The van der Waals surface area contributed by atoms with E-state index in [-0.39, 0.29) is 17.7 Å². The minimum Gasteiger partial charge on any atom is -0.465 e. The molecular formula is C12H20O3. The average molecular weight is 212 g/mol. The van der Waals surface area contributed by atoms with Gasteiger partial charge in [-0.05, 0) is 26.2 Å². The number of esters is 1. The molecule has 0 radical (unpaired) electrons. The van der Waals surface area contributed by atoms with Crippen molar-refractivity contribution >= 4 is 11.8 Å². The quantitative estimate of drug-likeness (QED) is 0.519. The van der Waals surface area contributed by atoms with Crippen molar-refractivity contribution in [1.29, 1.82) is 0 Å². The summed E-state index contributed by atoms with van der Waals surface area (Å²) in [5.41, 5.74) is 0. The Bertz CT molecular complexity index is 229. The maximum atomic E-state index is 12.0. The normalized spacial score (nSPS) is 18.8. The maximum Gasteiger partial charge on any atom is 0.316 e. The van der Waals surface area contributed by atoms with Gasteiger partial charge in [0.15, 0.2) is 0 Å². The molecule has 0 aromatic rings. The standard InChI is InChI=1S/C12H20O3/c1-3-10(12(14)15-4-2)11(13)9-7-5-6-8-9/h9-10H,3-8H2,1-2H3. The number of hydrogen-bond donors (Lipinski definition) is 0. The van der Waals surface area contributed by atoms with E-state index < -0.39 is 5.92 Å². The molecular weight excluding hydrogens is 192 g/mol. The Morgan fingerprint density at radius 3 is 2.33 bits per heavy atom. The van der Waals surface area contributed by atoms with Crippen molar-refractivity contribution in [3.05, 3.63) is 0 Å². The van der Waals surface area contributed by atoms with Crippen LogP contribution in [0.5, 0.6) is 0 Å². The molecule has 0 bridgehead atoms. The molecule has 86 valence electrons. The number of carbonyl (C=O) groups excluding carboxylic acids is 2. The number of rotatable bonds is 5. The largest absolute Gasteiger partial charge is 0.465 e. The maximum absolute atomic E-state index is 12.0. The topological polar surface area (TPSA) is 43.4 Å². The van der Waals surface area contributed by atoms with Crippen molar-refractivity contribution < 1.29 is 14.3 Å². The van der Waals surface area contributed by atoms with Crippen LogP contribution in [-0.4, -0.2) is 18.4 Å². The van der Waals surface area contributed by atoms with Crippen molar-refractivity contribution in [2.75, 3.05) is 6.61 Å². The summed E-state index contributed by atoms with van der Waals surface area (Å²) in [6.07, 6.45) is 4.71. The molecule has 1 unspecified atom stereocenters. The molecule has 0 aromatic carbocycles. The second kappa shape index (κ2) is 5.89. The number of ketones is 1. The van der Waals surface area contributed by atoms with Gasteiger partial charge in [0.25, 0.3) is 0 Å². The van der Waals surface area contributed by atoms with Crippen LogP contribution >= 0.6 is 0 Å². The van der Waals surface area contributed by atoms with E-state index in [9.17, 15) is 9.59 Å². The van der Waals surface area contributed by atoms with Crippen LogP contribution in [0.1, 0.15) is 46.0 Å². The lowest BCUT2D eigenvalue weighted by Crippen LogP contribution is -2.29. The summed E-state index contributed by atoms with van der Waals surface area (Å²) in [5, 5.41) is 0. The number of ether oxygens (including phenoxy) is 1. The van der Waals surface area contributed by atoms with Crippen LogP contribution in [0.2, 0.25) is 0 Å². The Hall–Kier alpha value is -0.860. The van der Waals surface area contributed by atoms with Crippen molar-refractivity contribution in [1.82, 2.24) is 0 Å². The molecule has 1 saturated carbocycles. The molecule has 1 fully saturated rings. The Morgan fingerprint density at radius 1 is 1.27 bits per heavy atom. The summed E-state index contributed by atoms with van der Waals surface area (Å²) in [6.45, 7) is 3.99. The third kappa shape index (κ3) is 3.05. The summed E-state index contributed by atoms with van der Waals surface area (Å²) in [5.74, 6) is -0.641. The smallest absolute Gasteiger partial charge is 0.316 e. The zero-order chi connectivity index (χ0) is 11.3. The Kier molecular flexibility index (Phi) is 4.79. The van der Waals surface area contributed by atoms with Crippen molar-refractivity contribution in [2.45, 2.75) is 46.0 Å². The van der Waals surface area contributed by atoms with Gasteiger partial charge < -0.3 is 4.74 Å². The average Bonchev–Trinajstić information content (AvgIpc) is 2.71. The van der Waals surface area contributed by atoms with Gasteiger partial charge in [-0.1, -0.05) is 19.8 Å². The van der Waals surface area contributed by atoms with Crippen LogP contribution < -0.4 is 0 Å². The molecule has 0 spiro atoms. The monoisotopic (exact) mass is 212 g/mol. The van der Waals surface area contributed by atoms with Crippen molar-refractivity contribution in [3.63, 3.8) is 0 Å². The molecule has 3 nitrogen and oxygen atoms in total. The van der Waals surface area contributed by atoms with Crippen molar-refractivity contribution in [3.8, 4) is 0 Å². The fourth-order valence-electron chi connectivity index (χ4n) is 2.22. The predicted molar refractivity (Wildman–Crippen MR) is 57.4 cm³/mol. The molecule has 0 N–H and O–H groups in total. The Balaban J connectivity index is 2.56. The van der Waals surface area contributed by atoms with Crippen molar-refractivity contribution in [2.24, 2.45) is 11.8 Å². The van der Waals surface area contributed by atoms with Crippen LogP contribution in [0.3, 0.4) is 0 Å². The molecule has 1 aliphatic rings. The van der Waals surface area contributed by atoms with E-state index in [4.69, 9.17) is 4.74 Å². The molecule has 0 amide bonds. The number of Topliss-reactive ketones (excluding diaryl/α,β-unsaturated/α-hetero) is 1. The minimum atomic E-state index is -0.520. The van der Waals surface area contributed by atoms with Crippen LogP contribution in [0.4, 0.5) is 0 Å². The molecule has 1 aliphatic carbocycles. The summed E-state index contributed by atoms with van der Waals surface area (Å²) in [6, 6.07) is 0. The van der Waals surface area contributed by atoms with E-state index in [1.165, 1.54) is 0 Å². The van der Waals surface area contributed by atoms with Gasteiger partial charge in [0.05, 0.1) is 6.61 Å². The number of carbonyl (C=O) groups is 2. The van der Waals surface area contributed by atoms with Gasteiger partial charge in [-0.25, -0.2) is 0 Å². The Morgan fingerprint density at radius 2 is 1.87 bits per heavy atom. The van der Waals surface area contributed by atoms with Gasteiger partial charge in [0.1, 0.15) is 11.7 Å². The highest BCUT2D eigenvalue weighted by atomic mass is 16.5. The van der Waals surface area contributed by atoms with Crippen LogP contribution in [-0.2, 0) is 14.3 Å². The second-order valence-electron chi connectivity index (χ2n) is 4.10. The highest BCUT2D eigenvalue weighted by Gasteiger charge is 2.33. The van der Waals surface area contributed by atoms with Gasteiger partial charge in [0.2, 0.25) is 0 Å². The molecule has 0 saturated heterocycles. The second-order valence-corrected chi connectivity index (χ2v) is 4.10. The number of hydrogen-bond acceptors (Lipinski definition) is 3. The zero-order valence-electron chi connectivity index (χ0n) is 9.62. The third-order valence-electron chi connectivity index (χ3n) is 3.08. The molecule has 15 heavy (non-hydrogen) atoms. The highest BCUT2D eigenvalue weighted by Crippen LogP contribution is 2.29. The lowest BCUT2D eigenvalue weighted by Gasteiger charge is -2.16. The van der Waals surface area contributed by atoms with Gasteiger partial charge in [-0.2, -0.15) is 0 Å². The lowest BCUT2D eigenvalue weighted by atomic mass is 9.90. The summed E-state index contributed by atoms with van der Waals surface area (Å²) >= 11 is 0. The molecule has 3 heteroatoms. The molecule has 1 rings (SSSR count). The summed E-state index contributed by atoms with van der Waals surface area (Å²) in [7, 11) is 0. The van der Waals surface area contributed by atoms with Gasteiger partial charge in [-0.15, -0.1) is 0 Å². The fourth-order valence-corrected chi connectivity index (χ4v) is 2.22. The third-order valence-corrected chi connectivity index (χ3v) is 3.08. The SMILES string of the molecule is CCOC(=O)C(CC)C(=O)C1CCCC1. The first-order valence-electron chi connectivity index (χ1n) is 5.91. The summed E-state index contributed by atoms with van der Waals surface area (Å²) in [4.78, 5) is 23.5. The lowest BCUT2D eigenvalue weighted by molar-refractivity contribution is -0.152. The van der Waals surface area contributed by atoms with E-state index in [1.54, 1.807) is 6.92 Å². The molecule has 1 atom stereocenters. The molecule has 0 aromatic heterocycles. The predicted octanol–water partition coefficient (Wildman–Crippen LogP) is 2.33. The van der Waals surface area contributed by atoms with Crippen LogP contribution in [0, 0.1) is 11.8 Å². The van der Waals surface area contributed by atoms with E-state index >= 15 is 0 Å². The van der Waals surface area contributed by atoms with Crippen LogP contribution in [0.15, 0.2) is 0 Å². The summed E-state index contributed by atoms with van der Waals surface area (Å²) < 4.78 is 4.92. The first-order valence-corrected chi connectivity index (χ1v) is 5.91. The van der Waals surface area contributed by atoms with Gasteiger partial charge in [-0.3, -0.25) is 9.59 Å². The zero-order valence-corrected chi connectivity index (χ0v) is 9.62. The van der Waals surface area contributed by atoms with Gasteiger partial charge >= 0.3 is 5.97 Å². The Labute approximate surface area is 91.2 Å².